The number of aryl methyl sites for hydroxylation is 1. The summed E-state index contributed by atoms with van der Waals surface area (Å²) >= 11 is 3.47. The largest absolute Gasteiger partial charge is 0.319 e. The molecule has 6 heteroatoms. The molecule has 32 heavy (non-hydrogen) atoms. The van der Waals surface area contributed by atoms with Gasteiger partial charge in [0, 0.05) is 21.1 Å². The van der Waals surface area contributed by atoms with Gasteiger partial charge in [-0.25, -0.2) is 9.67 Å². The van der Waals surface area contributed by atoms with Crippen molar-refractivity contribution in [1.29, 1.82) is 0 Å². The van der Waals surface area contributed by atoms with Crippen LogP contribution >= 0.6 is 15.9 Å². The first-order valence-corrected chi connectivity index (χ1v) is 11.0. The Bertz CT molecular complexity index is 1350. The first-order valence-electron chi connectivity index (χ1n) is 10.2. The number of carbonyl (C=O) groups excluding carboxylic acids is 1. The normalized spacial score (nSPS) is 10.9. The van der Waals surface area contributed by atoms with Crippen LogP contribution in [0.5, 0.6) is 0 Å². The molecule has 156 valence electrons. The zero-order chi connectivity index (χ0) is 22.1. The summed E-state index contributed by atoms with van der Waals surface area (Å²) < 4.78 is 2.67. The predicted octanol–water partition coefficient (Wildman–Crippen LogP) is 6.41. The smallest absolute Gasteiger partial charge is 0.295 e. The fourth-order valence-electron chi connectivity index (χ4n) is 3.57. The average molecular weight is 483 g/mol. The summed E-state index contributed by atoms with van der Waals surface area (Å²) in [5.74, 6) is 0.359. The minimum Gasteiger partial charge on any atom is -0.319 e. The first kappa shape index (κ1) is 20.2. The van der Waals surface area contributed by atoms with E-state index in [1.54, 1.807) is 4.68 Å². The minimum absolute atomic E-state index is 0.108. The van der Waals surface area contributed by atoms with Crippen LogP contribution in [0, 0.1) is 6.92 Å². The van der Waals surface area contributed by atoms with E-state index in [0.29, 0.717) is 5.82 Å². The summed E-state index contributed by atoms with van der Waals surface area (Å²) in [6.45, 7) is 2.03. The molecule has 1 N–H and O–H groups in total. The van der Waals surface area contributed by atoms with Gasteiger partial charge in [-0.2, -0.15) is 0 Å². The monoisotopic (exact) mass is 482 g/mol. The SMILES string of the molecule is Cc1ccc(-c2nc(C(=O)Nc3cccc4ccccc34)nn2-c2ccc(Br)cc2)cc1. The van der Waals surface area contributed by atoms with Crippen LogP contribution in [0.25, 0.3) is 27.8 Å². The lowest BCUT2D eigenvalue weighted by Crippen LogP contribution is -2.14. The Morgan fingerprint density at radius 3 is 2.38 bits per heavy atom. The first-order chi connectivity index (χ1) is 15.6. The number of hydrogen-bond donors (Lipinski definition) is 1. The Balaban J connectivity index is 1.56. The van der Waals surface area contributed by atoms with Gasteiger partial charge in [0.05, 0.1) is 5.69 Å². The van der Waals surface area contributed by atoms with Crippen molar-refractivity contribution in [3.05, 3.63) is 107 Å². The lowest BCUT2D eigenvalue weighted by atomic mass is 10.1. The summed E-state index contributed by atoms with van der Waals surface area (Å²) in [6.07, 6.45) is 0. The third-order valence-electron chi connectivity index (χ3n) is 5.23. The zero-order valence-electron chi connectivity index (χ0n) is 17.3. The van der Waals surface area contributed by atoms with E-state index in [-0.39, 0.29) is 11.7 Å². The third kappa shape index (κ3) is 3.92. The fraction of sp³-hybridized carbons (Fsp3) is 0.0385. The number of fused-ring (bicyclic) bond motifs is 1. The van der Waals surface area contributed by atoms with Gasteiger partial charge < -0.3 is 5.32 Å². The molecule has 0 unspecified atom stereocenters. The topological polar surface area (TPSA) is 59.8 Å². The molecule has 1 aromatic heterocycles. The van der Waals surface area contributed by atoms with Crippen molar-refractivity contribution in [3.8, 4) is 17.1 Å². The van der Waals surface area contributed by atoms with E-state index in [2.05, 4.69) is 31.3 Å². The highest BCUT2D eigenvalue weighted by atomic mass is 79.9. The molecule has 0 aliphatic heterocycles. The molecule has 0 saturated carbocycles. The number of benzene rings is 4. The van der Waals surface area contributed by atoms with Crippen molar-refractivity contribution >= 4 is 38.3 Å². The molecule has 0 radical (unpaired) electrons. The quantitative estimate of drug-likeness (QED) is 0.321. The standard InChI is InChI=1S/C26H19BrN4O/c1-17-9-11-19(12-10-17)25-29-24(30-31(25)21-15-13-20(27)14-16-21)26(32)28-23-8-4-6-18-5-2-3-7-22(18)23/h2-16H,1H3,(H,28,32). The van der Waals surface area contributed by atoms with Gasteiger partial charge in [-0.15, -0.1) is 5.10 Å². The highest BCUT2D eigenvalue weighted by Crippen LogP contribution is 2.25. The van der Waals surface area contributed by atoms with Gasteiger partial charge in [0.2, 0.25) is 5.82 Å². The van der Waals surface area contributed by atoms with E-state index in [0.717, 1.165) is 37.7 Å². The van der Waals surface area contributed by atoms with Crippen LogP contribution in [0.1, 0.15) is 16.2 Å². The number of anilines is 1. The Kier molecular flexibility index (Phi) is 5.29. The van der Waals surface area contributed by atoms with E-state index in [4.69, 9.17) is 0 Å². The number of nitrogens with one attached hydrogen (secondary N) is 1. The summed E-state index contributed by atoms with van der Waals surface area (Å²) in [4.78, 5) is 17.8. The van der Waals surface area contributed by atoms with E-state index < -0.39 is 0 Å². The molecule has 1 amide bonds. The van der Waals surface area contributed by atoms with Crippen molar-refractivity contribution in [2.24, 2.45) is 0 Å². The Labute approximate surface area is 193 Å². The lowest BCUT2D eigenvalue weighted by Gasteiger charge is -2.07. The molecule has 0 atom stereocenters. The number of amides is 1. The van der Waals surface area contributed by atoms with Gasteiger partial charge in [-0.1, -0.05) is 82.2 Å². The fourth-order valence-corrected chi connectivity index (χ4v) is 3.84. The molecule has 0 bridgehead atoms. The molecule has 1 heterocycles. The maximum absolute atomic E-state index is 13.1. The maximum atomic E-state index is 13.1. The molecule has 5 nitrogen and oxygen atoms in total. The lowest BCUT2D eigenvalue weighted by molar-refractivity contribution is 0.101. The molecular formula is C26H19BrN4O. The number of nitrogens with zero attached hydrogens (tertiary/aromatic N) is 3. The average Bonchev–Trinajstić information content (AvgIpc) is 3.26. The second-order valence-corrected chi connectivity index (χ2v) is 8.41. The highest BCUT2D eigenvalue weighted by Gasteiger charge is 2.19. The molecule has 4 aromatic carbocycles. The van der Waals surface area contributed by atoms with Gasteiger partial charge >= 0.3 is 0 Å². The summed E-state index contributed by atoms with van der Waals surface area (Å²) in [5, 5.41) is 9.56. The highest BCUT2D eigenvalue weighted by molar-refractivity contribution is 9.10. The number of carbonyl (C=O) groups is 1. The van der Waals surface area contributed by atoms with Gasteiger partial charge in [0.15, 0.2) is 5.82 Å². The molecule has 0 aliphatic rings. The van der Waals surface area contributed by atoms with Gasteiger partial charge in [-0.3, -0.25) is 4.79 Å². The van der Waals surface area contributed by atoms with Crippen LogP contribution in [0.2, 0.25) is 0 Å². The Morgan fingerprint density at radius 1 is 0.875 bits per heavy atom. The van der Waals surface area contributed by atoms with Crippen LogP contribution in [-0.4, -0.2) is 20.7 Å². The molecule has 0 spiro atoms. The van der Waals surface area contributed by atoms with E-state index in [1.165, 1.54) is 0 Å². The van der Waals surface area contributed by atoms with Crippen molar-refractivity contribution in [2.75, 3.05) is 5.32 Å². The Morgan fingerprint density at radius 2 is 1.59 bits per heavy atom. The van der Waals surface area contributed by atoms with Crippen LogP contribution in [0.15, 0.2) is 95.5 Å². The second kappa shape index (κ2) is 8.40. The number of aromatic nitrogens is 3. The maximum Gasteiger partial charge on any atom is 0.295 e. The van der Waals surface area contributed by atoms with E-state index in [1.807, 2.05) is 97.9 Å². The van der Waals surface area contributed by atoms with Crippen LogP contribution < -0.4 is 5.32 Å². The zero-order valence-corrected chi connectivity index (χ0v) is 18.9. The van der Waals surface area contributed by atoms with E-state index in [9.17, 15) is 4.79 Å². The number of rotatable bonds is 4. The molecule has 0 aliphatic carbocycles. The Hall–Kier alpha value is -3.77. The molecule has 0 fully saturated rings. The van der Waals surface area contributed by atoms with Gasteiger partial charge in [0.25, 0.3) is 5.91 Å². The van der Waals surface area contributed by atoms with Gasteiger partial charge in [0.1, 0.15) is 0 Å². The predicted molar refractivity (Wildman–Crippen MR) is 131 cm³/mol. The van der Waals surface area contributed by atoms with Crippen molar-refractivity contribution in [2.45, 2.75) is 6.92 Å². The van der Waals surface area contributed by atoms with Crippen molar-refractivity contribution in [1.82, 2.24) is 14.8 Å². The molecule has 5 aromatic rings. The molecule has 5 rings (SSSR count). The van der Waals surface area contributed by atoms with Crippen molar-refractivity contribution in [3.63, 3.8) is 0 Å². The van der Waals surface area contributed by atoms with Crippen LogP contribution in [0.3, 0.4) is 0 Å². The number of halogens is 1. The van der Waals surface area contributed by atoms with Crippen molar-refractivity contribution < 1.29 is 4.79 Å². The summed E-state index contributed by atoms with van der Waals surface area (Å²) in [7, 11) is 0. The molecular weight excluding hydrogens is 464 g/mol. The van der Waals surface area contributed by atoms with Crippen LogP contribution in [-0.2, 0) is 0 Å². The second-order valence-electron chi connectivity index (χ2n) is 7.49. The summed E-state index contributed by atoms with van der Waals surface area (Å²) in [6, 6.07) is 29.5. The van der Waals surface area contributed by atoms with Crippen LogP contribution in [0.4, 0.5) is 5.69 Å². The summed E-state index contributed by atoms with van der Waals surface area (Å²) in [5.41, 5.74) is 3.58. The van der Waals surface area contributed by atoms with E-state index >= 15 is 0 Å². The third-order valence-corrected chi connectivity index (χ3v) is 5.76. The minimum atomic E-state index is -0.356. The number of hydrogen-bond acceptors (Lipinski definition) is 3. The van der Waals surface area contributed by atoms with Gasteiger partial charge in [-0.05, 0) is 42.6 Å². The molecule has 0 saturated heterocycles.